The van der Waals surface area contributed by atoms with Crippen LogP contribution in [0.3, 0.4) is 0 Å². The van der Waals surface area contributed by atoms with E-state index >= 15 is 0 Å². The fourth-order valence-corrected chi connectivity index (χ4v) is 10.6. The van der Waals surface area contributed by atoms with E-state index in [-0.39, 0.29) is 29.1 Å². The number of aliphatic hydroxyl groups excluding tert-OH is 1. The van der Waals surface area contributed by atoms with Gasteiger partial charge in [0.1, 0.15) is 4.75 Å². The highest BCUT2D eigenvalue weighted by Crippen LogP contribution is 2.67. The Kier molecular flexibility index (Phi) is 3.95. The molecule has 1 unspecified atom stereocenters. The van der Waals surface area contributed by atoms with Crippen molar-refractivity contribution in [3.63, 3.8) is 0 Å². The largest absolute Gasteiger partial charge is 0.392 e. The third-order valence-corrected chi connectivity index (χ3v) is 12.0. The lowest BCUT2D eigenvalue weighted by Crippen LogP contribution is -2.55. The van der Waals surface area contributed by atoms with Gasteiger partial charge < -0.3 is 5.11 Å². The first-order valence-electron chi connectivity index (χ1n) is 11.4. The second-order valence-electron chi connectivity index (χ2n) is 10.8. The van der Waals surface area contributed by atoms with E-state index in [0.29, 0.717) is 17.4 Å². The van der Waals surface area contributed by atoms with Crippen LogP contribution in [0.4, 0.5) is 5.69 Å². The molecule has 3 saturated carbocycles. The maximum absolute atomic E-state index is 14.3. The molecule has 2 amide bonds. The molecule has 164 valence electrons. The summed E-state index contributed by atoms with van der Waals surface area (Å²) >= 11 is 0. The number of hydrogen-bond donors (Lipinski definition) is 1. The number of hydrogen-bond acceptors (Lipinski definition) is 4. The molecule has 4 bridgehead atoms. The normalized spacial score (nSPS) is 45.0. The molecule has 5 nitrogen and oxygen atoms in total. The molecule has 1 saturated heterocycles. The standard InChI is InChI=1S/C25H29NO4S/c1-23(2)16-10-11-24(23,19(27)13-16)14-31(30)25-17-9-8-15(12-17)20(25)21(28)26(22(25)29)18-6-4-3-5-7-18/h3-9,15-17,19-20,27H,10-14H2,1-2H3/t15-,16+,17+,19+,20+,24+,25-,31?/m0/s1. The molecular weight excluding hydrogens is 410 g/mol. The number of para-hydroxylation sites is 1. The molecule has 0 spiro atoms. The number of imide groups is 1. The van der Waals surface area contributed by atoms with Gasteiger partial charge in [-0.1, -0.05) is 44.2 Å². The summed E-state index contributed by atoms with van der Waals surface area (Å²) in [6.07, 6.45) is 6.91. The Balaban J connectivity index is 1.44. The van der Waals surface area contributed by atoms with Crippen molar-refractivity contribution in [1.29, 1.82) is 0 Å². The van der Waals surface area contributed by atoms with Crippen LogP contribution in [-0.4, -0.2) is 37.7 Å². The van der Waals surface area contributed by atoms with E-state index in [0.717, 1.165) is 25.7 Å². The Labute approximate surface area is 185 Å². The SMILES string of the molecule is CC1(C)[C@@H]2CC[C@@]1(CS(=O)[C@]13C(=O)N(c4ccccc4)C(=O)[C@H]1[C@H]1C=C[C@@H]3C1)[C@H](O)C2. The summed E-state index contributed by atoms with van der Waals surface area (Å²) in [7, 11) is -1.56. The number of fused-ring (bicyclic) bond motifs is 7. The summed E-state index contributed by atoms with van der Waals surface area (Å²) in [4.78, 5) is 28.8. The van der Waals surface area contributed by atoms with Crippen molar-refractivity contribution in [2.45, 2.75) is 50.4 Å². The number of amides is 2. The molecule has 5 aliphatic rings. The lowest BCUT2D eigenvalue weighted by Gasteiger charge is -2.43. The van der Waals surface area contributed by atoms with E-state index in [1.807, 2.05) is 30.4 Å². The molecule has 1 aromatic rings. The van der Waals surface area contributed by atoms with E-state index in [1.54, 1.807) is 12.1 Å². The van der Waals surface area contributed by atoms with Crippen LogP contribution in [0, 0.1) is 34.5 Å². The van der Waals surface area contributed by atoms with Crippen LogP contribution in [0.15, 0.2) is 42.5 Å². The molecule has 0 radical (unpaired) electrons. The van der Waals surface area contributed by atoms with Crippen molar-refractivity contribution in [3.8, 4) is 0 Å². The average molecular weight is 440 g/mol. The van der Waals surface area contributed by atoms with Gasteiger partial charge in [-0.25, -0.2) is 4.90 Å². The van der Waals surface area contributed by atoms with Crippen LogP contribution in [0.5, 0.6) is 0 Å². The minimum atomic E-state index is -1.56. The zero-order chi connectivity index (χ0) is 21.8. The molecule has 1 aromatic carbocycles. The number of aliphatic hydroxyl groups is 1. The van der Waals surface area contributed by atoms with E-state index < -0.39 is 33.0 Å². The lowest BCUT2D eigenvalue weighted by molar-refractivity contribution is -0.123. The van der Waals surface area contributed by atoms with Crippen molar-refractivity contribution < 1.29 is 18.9 Å². The Morgan fingerprint density at radius 1 is 1.13 bits per heavy atom. The van der Waals surface area contributed by atoms with Crippen LogP contribution in [0.1, 0.15) is 39.5 Å². The van der Waals surface area contributed by atoms with Crippen LogP contribution < -0.4 is 4.90 Å². The van der Waals surface area contributed by atoms with Crippen molar-refractivity contribution in [1.82, 2.24) is 0 Å². The Morgan fingerprint density at radius 3 is 2.52 bits per heavy atom. The number of benzene rings is 1. The summed E-state index contributed by atoms with van der Waals surface area (Å²) < 4.78 is 13.1. The van der Waals surface area contributed by atoms with E-state index in [2.05, 4.69) is 13.8 Å². The Morgan fingerprint density at radius 2 is 1.87 bits per heavy atom. The number of anilines is 1. The smallest absolute Gasteiger partial charge is 0.254 e. The van der Waals surface area contributed by atoms with Gasteiger partial charge in [0.2, 0.25) is 5.91 Å². The van der Waals surface area contributed by atoms with Crippen LogP contribution in [0.2, 0.25) is 0 Å². The molecule has 1 heterocycles. The first kappa shape index (κ1) is 19.9. The number of carbonyl (C=O) groups excluding carboxylic acids is 2. The van der Waals surface area contributed by atoms with Gasteiger partial charge in [0, 0.05) is 27.9 Å². The van der Waals surface area contributed by atoms with Gasteiger partial charge in [0.25, 0.3) is 5.91 Å². The van der Waals surface area contributed by atoms with Gasteiger partial charge in [0.05, 0.1) is 17.7 Å². The fourth-order valence-electron chi connectivity index (χ4n) is 7.88. The molecule has 1 N–H and O–H groups in total. The van der Waals surface area contributed by atoms with E-state index in [9.17, 15) is 18.9 Å². The van der Waals surface area contributed by atoms with Crippen LogP contribution in [0.25, 0.3) is 0 Å². The number of rotatable bonds is 4. The van der Waals surface area contributed by atoms with E-state index in [4.69, 9.17) is 0 Å². The minimum Gasteiger partial charge on any atom is -0.392 e. The summed E-state index contributed by atoms with van der Waals surface area (Å²) in [5.41, 5.74) is -0.00782. The lowest BCUT2D eigenvalue weighted by atomic mass is 9.70. The highest BCUT2D eigenvalue weighted by molar-refractivity contribution is 7.87. The molecule has 6 rings (SSSR count). The van der Waals surface area contributed by atoms with Crippen LogP contribution >= 0.6 is 0 Å². The van der Waals surface area contributed by atoms with Crippen molar-refractivity contribution in [3.05, 3.63) is 42.5 Å². The van der Waals surface area contributed by atoms with Gasteiger partial charge >= 0.3 is 0 Å². The zero-order valence-electron chi connectivity index (χ0n) is 18.0. The van der Waals surface area contributed by atoms with Gasteiger partial charge in [-0.15, -0.1) is 0 Å². The van der Waals surface area contributed by atoms with Crippen molar-refractivity contribution in [2.24, 2.45) is 34.5 Å². The summed E-state index contributed by atoms with van der Waals surface area (Å²) in [6, 6.07) is 9.03. The topological polar surface area (TPSA) is 74.7 Å². The number of nitrogens with zero attached hydrogens (tertiary/aromatic N) is 1. The quantitative estimate of drug-likeness (QED) is 0.578. The average Bonchev–Trinajstić information content (AvgIpc) is 3.49. The van der Waals surface area contributed by atoms with Crippen molar-refractivity contribution >= 4 is 28.3 Å². The monoisotopic (exact) mass is 439 g/mol. The van der Waals surface area contributed by atoms with Crippen molar-refractivity contribution in [2.75, 3.05) is 10.7 Å². The van der Waals surface area contributed by atoms with Crippen LogP contribution in [-0.2, 0) is 20.4 Å². The number of allylic oxidation sites excluding steroid dienone is 2. The van der Waals surface area contributed by atoms with Gasteiger partial charge in [0.15, 0.2) is 0 Å². The third-order valence-electron chi connectivity index (χ3n) is 9.75. The maximum atomic E-state index is 14.3. The summed E-state index contributed by atoms with van der Waals surface area (Å²) in [6.45, 7) is 4.37. The zero-order valence-corrected chi connectivity index (χ0v) is 18.8. The summed E-state index contributed by atoms with van der Waals surface area (Å²) in [5.74, 6) is -0.569. The van der Waals surface area contributed by atoms with Gasteiger partial charge in [-0.3, -0.25) is 13.8 Å². The highest BCUT2D eigenvalue weighted by atomic mass is 32.2. The molecular formula is C25H29NO4S. The Bertz CT molecular complexity index is 1040. The summed E-state index contributed by atoms with van der Waals surface area (Å²) in [5, 5.41) is 11.0. The second kappa shape index (κ2) is 6.16. The van der Waals surface area contributed by atoms with Gasteiger partial charge in [-0.2, -0.15) is 0 Å². The predicted molar refractivity (Wildman–Crippen MR) is 118 cm³/mol. The molecule has 4 aliphatic carbocycles. The fraction of sp³-hybridized carbons (Fsp3) is 0.600. The molecule has 8 atom stereocenters. The predicted octanol–water partition coefficient (Wildman–Crippen LogP) is 3.06. The minimum absolute atomic E-state index is 0.0329. The first-order valence-corrected chi connectivity index (χ1v) is 12.8. The number of carbonyl (C=O) groups is 2. The Hall–Kier alpha value is -1.79. The molecule has 6 heteroatoms. The van der Waals surface area contributed by atoms with E-state index in [1.165, 1.54) is 4.90 Å². The highest BCUT2D eigenvalue weighted by Gasteiger charge is 2.74. The molecule has 1 aliphatic heterocycles. The molecule has 31 heavy (non-hydrogen) atoms. The molecule has 0 aromatic heterocycles. The molecule has 4 fully saturated rings. The second-order valence-corrected chi connectivity index (χ2v) is 12.5. The first-order chi connectivity index (χ1) is 14.7. The third kappa shape index (κ3) is 2.14. The van der Waals surface area contributed by atoms with Gasteiger partial charge in [-0.05, 0) is 55.1 Å². The maximum Gasteiger partial charge on any atom is 0.254 e.